The zero-order valence-electron chi connectivity index (χ0n) is 11.5. The summed E-state index contributed by atoms with van der Waals surface area (Å²) in [5.74, 6) is 0.802. The van der Waals surface area contributed by atoms with Crippen LogP contribution in [0.1, 0.15) is 25.5 Å². The first-order valence-electron chi connectivity index (χ1n) is 6.75. The van der Waals surface area contributed by atoms with Crippen molar-refractivity contribution in [1.82, 2.24) is 14.7 Å². The van der Waals surface area contributed by atoms with Crippen LogP contribution in [0.2, 0.25) is 0 Å². The molecule has 1 amide bonds. The quantitative estimate of drug-likeness (QED) is 0.702. The fourth-order valence-corrected chi connectivity index (χ4v) is 2.21. The number of aryl methyl sites for hydroxylation is 1. The van der Waals surface area contributed by atoms with Gasteiger partial charge >= 0.3 is 0 Å². The SMILES string of the molecule is CCCCn1nc(CN2CC(F)C2)cc1N(C)C=O. The fourth-order valence-electron chi connectivity index (χ4n) is 2.21. The number of halogens is 1. The van der Waals surface area contributed by atoms with E-state index in [2.05, 4.69) is 12.0 Å². The summed E-state index contributed by atoms with van der Waals surface area (Å²) in [5.41, 5.74) is 0.895. The molecule has 0 aliphatic carbocycles. The number of hydrogen-bond acceptors (Lipinski definition) is 3. The maximum absolute atomic E-state index is 12.8. The molecule has 2 heterocycles. The molecular formula is C13H21FN4O. The number of alkyl halides is 1. The van der Waals surface area contributed by atoms with Gasteiger partial charge in [0.1, 0.15) is 12.0 Å². The molecule has 0 aromatic carbocycles. The van der Waals surface area contributed by atoms with Crippen molar-refractivity contribution in [2.75, 3.05) is 25.0 Å². The Morgan fingerprint density at radius 3 is 2.89 bits per heavy atom. The first-order chi connectivity index (χ1) is 9.13. The number of carbonyl (C=O) groups excluding carboxylic acids is 1. The van der Waals surface area contributed by atoms with E-state index < -0.39 is 6.17 Å². The molecule has 2 rings (SSSR count). The highest BCUT2D eigenvalue weighted by atomic mass is 19.1. The Morgan fingerprint density at radius 2 is 2.32 bits per heavy atom. The van der Waals surface area contributed by atoms with Gasteiger partial charge in [0.15, 0.2) is 0 Å². The minimum Gasteiger partial charge on any atom is -0.303 e. The normalized spacial score (nSPS) is 16.4. The van der Waals surface area contributed by atoms with Crippen LogP contribution in [0.25, 0.3) is 0 Å². The molecule has 0 atom stereocenters. The molecule has 1 saturated heterocycles. The van der Waals surface area contributed by atoms with Crippen LogP contribution in [0.5, 0.6) is 0 Å². The van der Waals surface area contributed by atoms with Gasteiger partial charge in [-0.15, -0.1) is 0 Å². The van der Waals surface area contributed by atoms with Gasteiger partial charge in [-0.25, -0.2) is 9.07 Å². The van der Waals surface area contributed by atoms with E-state index in [0.717, 1.165) is 37.3 Å². The van der Waals surface area contributed by atoms with Crippen molar-refractivity contribution in [3.05, 3.63) is 11.8 Å². The summed E-state index contributed by atoms with van der Waals surface area (Å²) in [6, 6.07) is 1.91. The van der Waals surface area contributed by atoms with Gasteiger partial charge in [0.2, 0.25) is 6.41 Å². The summed E-state index contributed by atoms with van der Waals surface area (Å²) < 4.78 is 14.6. The molecule has 0 saturated carbocycles. The molecule has 1 aliphatic heterocycles. The second-order valence-corrected chi connectivity index (χ2v) is 5.08. The van der Waals surface area contributed by atoms with Crippen molar-refractivity contribution in [3.8, 4) is 0 Å². The molecule has 0 unspecified atom stereocenters. The summed E-state index contributed by atoms with van der Waals surface area (Å²) in [6.07, 6.45) is 2.19. The molecule has 5 nitrogen and oxygen atoms in total. The number of amides is 1. The van der Waals surface area contributed by atoms with Crippen molar-refractivity contribution in [1.29, 1.82) is 0 Å². The average Bonchev–Trinajstić information content (AvgIpc) is 2.76. The van der Waals surface area contributed by atoms with Crippen LogP contribution in [0, 0.1) is 0 Å². The molecule has 0 radical (unpaired) electrons. The van der Waals surface area contributed by atoms with Crippen molar-refractivity contribution in [2.24, 2.45) is 0 Å². The van der Waals surface area contributed by atoms with E-state index in [-0.39, 0.29) is 0 Å². The van der Waals surface area contributed by atoms with Crippen LogP contribution in [-0.2, 0) is 17.9 Å². The number of anilines is 1. The van der Waals surface area contributed by atoms with Gasteiger partial charge in [0.25, 0.3) is 0 Å². The highest BCUT2D eigenvalue weighted by Gasteiger charge is 2.27. The fraction of sp³-hybridized carbons (Fsp3) is 0.692. The molecule has 0 spiro atoms. The Hall–Kier alpha value is -1.43. The standard InChI is InChI=1S/C13H21FN4O/c1-3-4-5-18-13(16(2)10-19)6-12(15-18)9-17-7-11(14)8-17/h6,10-11H,3-5,7-9H2,1-2H3. The summed E-state index contributed by atoms with van der Waals surface area (Å²) in [7, 11) is 1.72. The number of aromatic nitrogens is 2. The van der Waals surface area contributed by atoms with E-state index in [4.69, 9.17) is 0 Å². The monoisotopic (exact) mass is 268 g/mol. The molecule has 6 heteroatoms. The minimum absolute atomic E-state index is 0.487. The molecule has 0 bridgehead atoms. The molecule has 19 heavy (non-hydrogen) atoms. The molecule has 1 aliphatic rings. The topological polar surface area (TPSA) is 41.4 Å². The van der Waals surface area contributed by atoms with Crippen LogP contribution in [0.3, 0.4) is 0 Å². The largest absolute Gasteiger partial charge is 0.303 e. The lowest BCUT2D eigenvalue weighted by atomic mass is 10.2. The highest BCUT2D eigenvalue weighted by Crippen LogP contribution is 2.19. The number of nitrogens with zero attached hydrogens (tertiary/aromatic N) is 4. The van der Waals surface area contributed by atoms with Crippen LogP contribution >= 0.6 is 0 Å². The zero-order valence-corrected chi connectivity index (χ0v) is 11.5. The third-order valence-electron chi connectivity index (χ3n) is 3.35. The van der Waals surface area contributed by atoms with E-state index in [9.17, 15) is 9.18 Å². The predicted molar refractivity (Wildman–Crippen MR) is 71.8 cm³/mol. The van der Waals surface area contributed by atoms with Crippen molar-refractivity contribution in [3.63, 3.8) is 0 Å². The van der Waals surface area contributed by atoms with Gasteiger partial charge in [-0.3, -0.25) is 9.69 Å². The Labute approximate surface area is 113 Å². The molecule has 1 fully saturated rings. The van der Waals surface area contributed by atoms with Crippen LogP contribution in [-0.4, -0.2) is 47.4 Å². The average molecular weight is 268 g/mol. The highest BCUT2D eigenvalue weighted by molar-refractivity contribution is 5.72. The Morgan fingerprint density at radius 1 is 1.58 bits per heavy atom. The van der Waals surface area contributed by atoms with Crippen molar-refractivity contribution in [2.45, 2.75) is 39.0 Å². The Balaban J connectivity index is 2.06. The third-order valence-corrected chi connectivity index (χ3v) is 3.35. The van der Waals surface area contributed by atoms with Crippen LogP contribution in [0.4, 0.5) is 10.2 Å². The van der Waals surface area contributed by atoms with Gasteiger partial charge in [-0.1, -0.05) is 13.3 Å². The maximum atomic E-state index is 12.8. The van der Waals surface area contributed by atoms with E-state index >= 15 is 0 Å². The lowest BCUT2D eigenvalue weighted by Crippen LogP contribution is -2.47. The minimum atomic E-state index is -0.695. The number of carbonyl (C=O) groups is 1. The van der Waals surface area contributed by atoms with Crippen molar-refractivity contribution >= 4 is 12.2 Å². The maximum Gasteiger partial charge on any atom is 0.215 e. The van der Waals surface area contributed by atoms with Gasteiger partial charge in [0.05, 0.1) is 5.69 Å². The Bertz CT molecular complexity index is 428. The molecule has 106 valence electrons. The van der Waals surface area contributed by atoms with Crippen molar-refractivity contribution < 1.29 is 9.18 Å². The smallest absolute Gasteiger partial charge is 0.215 e. The number of hydrogen-bond donors (Lipinski definition) is 0. The Kier molecular flexibility index (Phi) is 4.52. The van der Waals surface area contributed by atoms with Gasteiger partial charge in [-0.05, 0) is 6.42 Å². The second-order valence-electron chi connectivity index (χ2n) is 5.08. The first kappa shape index (κ1) is 14.0. The van der Waals surface area contributed by atoms with E-state index in [0.29, 0.717) is 19.6 Å². The lowest BCUT2D eigenvalue weighted by Gasteiger charge is -2.33. The number of unbranched alkanes of at least 4 members (excludes halogenated alkanes) is 1. The summed E-state index contributed by atoms with van der Waals surface area (Å²) in [6.45, 7) is 4.55. The summed E-state index contributed by atoms with van der Waals surface area (Å²) in [4.78, 5) is 14.4. The van der Waals surface area contributed by atoms with Crippen LogP contribution in [0.15, 0.2) is 6.07 Å². The summed E-state index contributed by atoms with van der Waals surface area (Å²) >= 11 is 0. The van der Waals surface area contributed by atoms with E-state index in [1.807, 2.05) is 15.6 Å². The number of likely N-dealkylation sites (tertiary alicyclic amines) is 1. The summed E-state index contributed by atoms with van der Waals surface area (Å²) in [5, 5.41) is 4.52. The zero-order chi connectivity index (χ0) is 13.8. The van der Waals surface area contributed by atoms with E-state index in [1.165, 1.54) is 4.90 Å². The molecule has 0 N–H and O–H groups in total. The van der Waals surface area contributed by atoms with Gasteiger partial charge in [-0.2, -0.15) is 5.10 Å². The van der Waals surface area contributed by atoms with Gasteiger partial charge < -0.3 is 4.90 Å². The van der Waals surface area contributed by atoms with Gasteiger partial charge in [0, 0.05) is 39.3 Å². The van der Waals surface area contributed by atoms with Crippen LogP contribution < -0.4 is 4.90 Å². The third kappa shape index (κ3) is 3.32. The van der Waals surface area contributed by atoms with E-state index in [1.54, 1.807) is 7.05 Å². The second kappa shape index (κ2) is 6.14. The predicted octanol–water partition coefficient (Wildman–Crippen LogP) is 1.43. The molecular weight excluding hydrogens is 247 g/mol. The molecule has 1 aromatic heterocycles. The lowest BCUT2D eigenvalue weighted by molar-refractivity contribution is -0.107. The molecule has 1 aromatic rings. The number of rotatable bonds is 7. The first-order valence-corrected chi connectivity index (χ1v) is 6.75.